The topological polar surface area (TPSA) is 84.2 Å². The number of rotatable bonds is 6. The highest BCUT2D eigenvalue weighted by molar-refractivity contribution is 5.83. The Labute approximate surface area is 133 Å². The molecule has 2 amide bonds. The van der Waals surface area contributed by atoms with Crippen LogP contribution in [-0.2, 0) is 9.59 Å². The first-order chi connectivity index (χ1) is 10.6. The lowest BCUT2D eigenvalue weighted by molar-refractivity contribution is -0.124. The van der Waals surface area contributed by atoms with Gasteiger partial charge < -0.3 is 16.4 Å². The van der Waals surface area contributed by atoms with Gasteiger partial charge in [-0.25, -0.2) is 0 Å². The van der Waals surface area contributed by atoms with Gasteiger partial charge in [0.2, 0.25) is 11.8 Å². The molecule has 5 heteroatoms. The minimum absolute atomic E-state index is 0.0350. The van der Waals surface area contributed by atoms with Crippen LogP contribution in [0.5, 0.6) is 0 Å². The molecule has 22 heavy (non-hydrogen) atoms. The van der Waals surface area contributed by atoms with Crippen molar-refractivity contribution in [3.63, 3.8) is 0 Å². The van der Waals surface area contributed by atoms with Gasteiger partial charge in [0.25, 0.3) is 0 Å². The number of carbonyl (C=O) groups is 2. The van der Waals surface area contributed by atoms with Gasteiger partial charge >= 0.3 is 0 Å². The standard InChI is InChI=1S/C17H31N3O2/c18-15(17(22)20-14-9-5-2-6-10-14)11-12-16(21)19-13-7-3-1-4-8-13/h13-15H,1-12,18H2,(H,19,21)(H,20,22)/t15-/m0/s1. The van der Waals surface area contributed by atoms with Crippen LogP contribution in [0, 0.1) is 0 Å². The number of nitrogens with two attached hydrogens (primary N) is 1. The smallest absolute Gasteiger partial charge is 0.237 e. The van der Waals surface area contributed by atoms with Crippen molar-refractivity contribution in [2.45, 2.75) is 95.2 Å². The summed E-state index contributed by atoms with van der Waals surface area (Å²) >= 11 is 0. The molecule has 2 fully saturated rings. The molecule has 2 aliphatic carbocycles. The highest BCUT2D eigenvalue weighted by atomic mass is 16.2. The molecule has 0 aromatic heterocycles. The lowest BCUT2D eigenvalue weighted by Crippen LogP contribution is -2.46. The van der Waals surface area contributed by atoms with Crippen molar-refractivity contribution in [2.24, 2.45) is 5.73 Å². The summed E-state index contributed by atoms with van der Waals surface area (Å²) in [7, 11) is 0. The largest absolute Gasteiger partial charge is 0.353 e. The van der Waals surface area contributed by atoms with E-state index in [0.29, 0.717) is 18.9 Å². The Balaban J connectivity index is 1.61. The summed E-state index contributed by atoms with van der Waals surface area (Å²) in [6.07, 6.45) is 12.4. The fourth-order valence-corrected chi connectivity index (χ4v) is 3.52. The molecule has 2 rings (SSSR count). The molecule has 2 saturated carbocycles. The molecule has 0 heterocycles. The minimum Gasteiger partial charge on any atom is -0.353 e. The van der Waals surface area contributed by atoms with Crippen LogP contribution in [0.4, 0.5) is 0 Å². The Morgan fingerprint density at radius 3 is 1.91 bits per heavy atom. The normalized spacial score (nSPS) is 22.0. The number of nitrogens with one attached hydrogen (secondary N) is 2. The highest BCUT2D eigenvalue weighted by Gasteiger charge is 2.21. The van der Waals surface area contributed by atoms with E-state index in [1.165, 1.54) is 38.5 Å². The summed E-state index contributed by atoms with van der Waals surface area (Å²) in [6, 6.07) is 0.0379. The van der Waals surface area contributed by atoms with Crippen molar-refractivity contribution in [1.82, 2.24) is 10.6 Å². The number of amides is 2. The zero-order valence-corrected chi connectivity index (χ0v) is 13.6. The Morgan fingerprint density at radius 1 is 0.864 bits per heavy atom. The van der Waals surface area contributed by atoms with E-state index >= 15 is 0 Å². The van der Waals surface area contributed by atoms with Crippen molar-refractivity contribution in [3.8, 4) is 0 Å². The lowest BCUT2D eigenvalue weighted by atomic mass is 9.95. The van der Waals surface area contributed by atoms with Crippen LogP contribution in [-0.4, -0.2) is 29.9 Å². The Morgan fingerprint density at radius 2 is 1.36 bits per heavy atom. The fourth-order valence-electron chi connectivity index (χ4n) is 3.52. The first kappa shape index (κ1) is 17.3. The van der Waals surface area contributed by atoms with Crippen molar-refractivity contribution >= 4 is 11.8 Å². The Kier molecular flexibility index (Phi) is 7.16. The Bertz CT molecular complexity index is 361. The first-order valence-corrected chi connectivity index (χ1v) is 9.00. The molecule has 0 radical (unpaired) electrons. The van der Waals surface area contributed by atoms with Gasteiger partial charge in [-0.05, 0) is 32.1 Å². The van der Waals surface area contributed by atoms with E-state index in [0.717, 1.165) is 25.7 Å². The summed E-state index contributed by atoms with van der Waals surface area (Å²) in [5.41, 5.74) is 5.92. The van der Waals surface area contributed by atoms with Crippen LogP contribution in [0.15, 0.2) is 0 Å². The maximum atomic E-state index is 12.0. The number of hydrogen-bond acceptors (Lipinski definition) is 3. The lowest BCUT2D eigenvalue weighted by Gasteiger charge is -2.25. The second-order valence-corrected chi connectivity index (χ2v) is 6.89. The van der Waals surface area contributed by atoms with Crippen LogP contribution < -0.4 is 16.4 Å². The van der Waals surface area contributed by atoms with E-state index in [1.54, 1.807) is 0 Å². The summed E-state index contributed by atoms with van der Waals surface area (Å²) in [4.78, 5) is 24.0. The SMILES string of the molecule is N[C@@H](CCC(=O)NC1CCCCC1)C(=O)NC1CCCCC1. The van der Waals surface area contributed by atoms with E-state index in [1.807, 2.05) is 0 Å². The van der Waals surface area contributed by atoms with Crippen LogP contribution in [0.2, 0.25) is 0 Å². The Hall–Kier alpha value is -1.10. The predicted molar refractivity (Wildman–Crippen MR) is 87.2 cm³/mol. The number of carbonyl (C=O) groups excluding carboxylic acids is 2. The van der Waals surface area contributed by atoms with E-state index in [4.69, 9.17) is 5.73 Å². The maximum Gasteiger partial charge on any atom is 0.237 e. The molecular formula is C17H31N3O2. The molecule has 4 N–H and O–H groups in total. The van der Waals surface area contributed by atoms with Gasteiger partial charge in [-0.15, -0.1) is 0 Å². The molecule has 2 aliphatic rings. The van der Waals surface area contributed by atoms with Crippen LogP contribution in [0.25, 0.3) is 0 Å². The number of hydrogen-bond donors (Lipinski definition) is 3. The van der Waals surface area contributed by atoms with Gasteiger partial charge in [0.1, 0.15) is 0 Å². The van der Waals surface area contributed by atoms with E-state index < -0.39 is 6.04 Å². The fraction of sp³-hybridized carbons (Fsp3) is 0.882. The molecule has 0 bridgehead atoms. The van der Waals surface area contributed by atoms with Gasteiger partial charge in [0.05, 0.1) is 6.04 Å². The molecular weight excluding hydrogens is 278 g/mol. The quantitative estimate of drug-likeness (QED) is 0.701. The van der Waals surface area contributed by atoms with Gasteiger partial charge in [-0.1, -0.05) is 38.5 Å². The average Bonchev–Trinajstić information content (AvgIpc) is 2.54. The van der Waals surface area contributed by atoms with E-state index in [2.05, 4.69) is 10.6 Å². The van der Waals surface area contributed by atoms with Crippen LogP contribution in [0.1, 0.15) is 77.0 Å². The first-order valence-electron chi connectivity index (χ1n) is 9.00. The van der Waals surface area contributed by atoms with Crippen molar-refractivity contribution in [3.05, 3.63) is 0 Å². The van der Waals surface area contributed by atoms with Crippen molar-refractivity contribution < 1.29 is 9.59 Å². The molecule has 1 atom stereocenters. The molecule has 126 valence electrons. The predicted octanol–water partition coefficient (Wildman–Crippen LogP) is 1.99. The summed E-state index contributed by atoms with van der Waals surface area (Å²) in [5.74, 6) is -0.0646. The summed E-state index contributed by atoms with van der Waals surface area (Å²) < 4.78 is 0. The average molecular weight is 309 g/mol. The second-order valence-electron chi connectivity index (χ2n) is 6.89. The molecule has 0 unspecified atom stereocenters. The molecule has 0 aromatic rings. The highest BCUT2D eigenvalue weighted by Crippen LogP contribution is 2.18. The maximum absolute atomic E-state index is 12.0. The van der Waals surface area contributed by atoms with Gasteiger partial charge in [0.15, 0.2) is 0 Å². The third-order valence-electron chi connectivity index (χ3n) is 4.94. The van der Waals surface area contributed by atoms with Gasteiger partial charge in [-0.3, -0.25) is 9.59 Å². The van der Waals surface area contributed by atoms with Crippen LogP contribution in [0.3, 0.4) is 0 Å². The minimum atomic E-state index is -0.570. The van der Waals surface area contributed by atoms with Crippen molar-refractivity contribution in [1.29, 1.82) is 0 Å². The van der Waals surface area contributed by atoms with Gasteiger partial charge in [0, 0.05) is 18.5 Å². The summed E-state index contributed by atoms with van der Waals surface area (Å²) in [6.45, 7) is 0. The molecule has 0 aliphatic heterocycles. The zero-order chi connectivity index (χ0) is 15.8. The molecule has 5 nitrogen and oxygen atoms in total. The van der Waals surface area contributed by atoms with E-state index in [9.17, 15) is 9.59 Å². The summed E-state index contributed by atoms with van der Waals surface area (Å²) in [5, 5.41) is 6.10. The van der Waals surface area contributed by atoms with Crippen LogP contribution >= 0.6 is 0 Å². The van der Waals surface area contributed by atoms with E-state index in [-0.39, 0.29) is 17.9 Å². The molecule has 0 aromatic carbocycles. The second kappa shape index (κ2) is 9.13. The third-order valence-corrected chi connectivity index (χ3v) is 4.94. The van der Waals surface area contributed by atoms with Gasteiger partial charge in [-0.2, -0.15) is 0 Å². The monoisotopic (exact) mass is 309 g/mol. The van der Waals surface area contributed by atoms with Crippen molar-refractivity contribution in [2.75, 3.05) is 0 Å². The molecule has 0 saturated heterocycles. The third kappa shape index (κ3) is 5.95. The zero-order valence-electron chi connectivity index (χ0n) is 13.6. The molecule has 0 spiro atoms.